The van der Waals surface area contributed by atoms with E-state index in [1.165, 1.54) is 116 Å². The molecular formula is C127H75N13S2. The Morgan fingerprint density at radius 2 is 0.401 bits per heavy atom. The molecule has 0 saturated carbocycles. The van der Waals surface area contributed by atoms with E-state index in [2.05, 4.69) is 473 Å². The lowest BCUT2D eigenvalue weighted by molar-refractivity contribution is 0.893. The first-order chi connectivity index (χ1) is 70.5. The van der Waals surface area contributed by atoms with Crippen LogP contribution in [-0.2, 0) is 0 Å². The van der Waals surface area contributed by atoms with Crippen LogP contribution in [0.2, 0.25) is 0 Å². The van der Waals surface area contributed by atoms with Gasteiger partial charge in [0.25, 0.3) is 0 Å². The van der Waals surface area contributed by atoms with Gasteiger partial charge in [-0.2, -0.15) is 15.0 Å². The van der Waals surface area contributed by atoms with Crippen LogP contribution in [0.25, 0.3) is 284 Å². The maximum Gasteiger partial charge on any atom is 0.240 e. The molecule has 0 bridgehead atoms. The zero-order valence-electron chi connectivity index (χ0n) is 75.9. The predicted molar refractivity (Wildman–Crippen MR) is 593 cm³/mol. The molecule has 32 aromatic rings. The lowest BCUT2D eigenvalue weighted by atomic mass is 10.1. The van der Waals surface area contributed by atoms with Crippen molar-refractivity contribution in [3.63, 3.8) is 0 Å². The van der Waals surface area contributed by atoms with E-state index in [1.807, 2.05) is 40.9 Å². The van der Waals surface area contributed by atoms with Crippen molar-refractivity contribution < 1.29 is 0 Å². The van der Waals surface area contributed by atoms with Crippen LogP contribution < -0.4 is 0 Å². The van der Waals surface area contributed by atoms with Gasteiger partial charge in [0.2, 0.25) is 11.9 Å². The molecule has 12 heterocycles. The normalized spacial score (nSPS) is 12.2. The largest absolute Gasteiger partial charge is 0.307 e. The second-order valence-electron chi connectivity index (χ2n) is 36.8. The van der Waals surface area contributed by atoms with Crippen molar-refractivity contribution in [3.8, 4) is 69.1 Å². The summed E-state index contributed by atoms with van der Waals surface area (Å²) in [5.74, 6) is 3.91. The highest BCUT2D eigenvalue weighted by Crippen LogP contribution is 2.51. The third-order valence-electron chi connectivity index (χ3n) is 29.4. The smallest absolute Gasteiger partial charge is 0.240 e. The molecule has 0 saturated heterocycles. The number of para-hydroxylation sites is 11. The number of hydrogen-bond acceptors (Lipinski definition) is 7. The number of aromatic nitrogens is 13. The fourth-order valence-corrected chi connectivity index (χ4v) is 26.0. The third kappa shape index (κ3) is 11.3. The van der Waals surface area contributed by atoms with Crippen LogP contribution in [0.5, 0.6) is 0 Å². The Labute approximate surface area is 816 Å². The molecule has 20 aromatic carbocycles. The first-order valence-corrected chi connectivity index (χ1v) is 49.7. The third-order valence-corrected chi connectivity index (χ3v) is 31.8. The van der Waals surface area contributed by atoms with Crippen LogP contribution in [0.4, 0.5) is 0 Å². The summed E-state index contributed by atoms with van der Waals surface area (Å²) in [6.07, 6.45) is 0. The van der Waals surface area contributed by atoms with E-state index in [4.69, 9.17) is 24.9 Å². The Morgan fingerprint density at radius 1 is 0.155 bits per heavy atom. The van der Waals surface area contributed by atoms with Crippen molar-refractivity contribution in [3.05, 3.63) is 455 Å². The van der Waals surface area contributed by atoms with E-state index in [9.17, 15) is 0 Å². The van der Waals surface area contributed by atoms with Crippen molar-refractivity contribution in [2.75, 3.05) is 0 Å². The van der Waals surface area contributed by atoms with Crippen LogP contribution in [0.1, 0.15) is 0 Å². The molecule has 0 fully saturated rings. The highest BCUT2D eigenvalue weighted by atomic mass is 32.1. The van der Waals surface area contributed by atoms with E-state index >= 15 is 0 Å². The molecule has 0 spiro atoms. The molecule has 0 radical (unpaired) electrons. The van der Waals surface area contributed by atoms with Crippen LogP contribution in [0.3, 0.4) is 0 Å². The van der Waals surface area contributed by atoms with Crippen molar-refractivity contribution >= 4 is 237 Å². The Kier molecular flexibility index (Phi) is 16.8. The number of fused-ring (bicyclic) bond motifs is 35. The Hall–Kier alpha value is -18.7. The molecule has 12 aromatic heterocycles. The van der Waals surface area contributed by atoms with E-state index in [0.29, 0.717) is 23.5 Å². The molecule has 0 aliphatic rings. The number of hydrogen-bond donors (Lipinski definition) is 0. The molecule has 32 rings (SSSR count). The van der Waals surface area contributed by atoms with Gasteiger partial charge in [0.15, 0.2) is 11.6 Å². The van der Waals surface area contributed by atoms with E-state index < -0.39 is 0 Å². The maximum atomic E-state index is 5.86. The van der Waals surface area contributed by atoms with Gasteiger partial charge in [0.05, 0.1) is 88.3 Å². The molecule has 0 N–H and O–H groups in total. The van der Waals surface area contributed by atoms with Crippen molar-refractivity contribution in [2.24, 2.45) is 0 Å². The summed E-state index contributed by atoms with van der Waals surface area (Å²) in [5, 5.41) is 24.0. The molecule has 0 atom stereocenters. The van der Waals surface area contributed by atoms with E-state index in [0.717, 1.165) is 144 Å². The average Bonchev–Trinajstić information content (AvgIpc) is 1.55. The van der Waals surface area contributed by atoms with Crippen LogP contribution in [-0.4, -0.2) is 61.5 Å². The zero-order chi connectivity index (χ0) is 92.6. The molecule has 0 aliphatic heterocycles. The van der Waals surface area contributed by atoms with Gasteiger partial charge >= 0.3 is 0 Å². The summed E-state index contributed by atoms with van der Waals surface area (Å²) in [6, 6.07) is 164. The number of rotatable bonds is 10. The molecule has 15 heteroatoms. The van der Waals surface area contributed by atoms with Gasteiger partial charge in [-0.15, -0.1) is 22.7 Å². The monoisotopic (exact) mass is 1850 g/mol. The van der Waals surface area contributed by atoms with Gasteiger partial charge < -0.3 is 18.3 Å². The fraction of sp³-hybridized carbons (Fsp3) is 0. The lowest BCUT2D eigenvalue weighted by Gasteiger charge is -2.16. The standard InChI is InChI=1S/C82H50N8.C45H25N5S2/c1-4-22-52(23-5-1)85-68-34-16-10-28-56(68)62-44-45-63-57-29-13-19-37-71(57)88(77(63)76(62)85)55-42-40-51(41-43-55)82-83-74(89-72-38-20-14-32-60(72)66-48-46-64-58-30-11-17-35-69(58)86(78(64)80(66)89)53-24-6-2-7-25-53)50-75(84-82)90-73-39-21-15-33-61(73)67-49-47-65-59-31-12-18-36-70(59)87(79(65)81(67)90)54-26-8-3-9-27-54;1-2-12-26(13-3-1)43-46-44(49-33-18-8-4-16-31(33)39-35(49)24-22-29-27-14-6-10-20-37(27)51-41(29)39)48-45(47-43)50-34-19-9-5-17-32(34)40-36(50)25-23-30-28-15-7-11-21-38(28)52-42(30)40/h1-50H;1-25H. The topological polar surface area (TPSA) is 104 Å². The number of nitrogens with zero attached hydrogens (tertiary/aromatic N) is 13. The minimum atomic E-state index is 0.587. The zero-order valence-corrected chi connectivity index (χ0v) is 77.6. The summed E-state index contributed by atoms with van der Waals surface area (Å²) >= 11 is 3.70. The number of benzene rings is 20. The summed E-state index contributed by atoms with van der Waals surface area (Å²) in [4.78, 5) is 27.6. The van der Waals surface area contributed by atoms with Gasteiger partial charge in [0, 0.05) is 166 Å². The molecule has 0 amide bonds. The summed E-state index contributed by atoms with van der Waals surface area (Å²) in [7, 11) is 0. The van der Waals surface area contributed by atoms with Crippen LogP contribution >= 0.6 is 22.7 Å². The summed E-state index contributed by atoms with van der Waals surface area (Å²) in [6.45, 7) is 0. The molecule has 0 unspecified atom stereocenters. The van der Waals surface area contributed by atoms with Gasteiger partial charge in [-0.3, -0.25) is 18.3 Å². The minimum Gasteiger partial charge on any atom is -0.307 e. The first-order valence-electron chi connectivity index (χ1n) is 48.0. The van der Waals surface area contributed by atoms with E-state index in [-0.39, 0.29) is 0 Å². The predicted octanol–water partition coefficient (Wildman–Crippen LogP) is 33.2. The number of thiophene rings is 2. The SMILES string of the molecule is c1ccc(-c2nc(-n3c4ccccc4c4c5sc6ccccc6c5ccc43)nc(-n3c4ccccc4c4c5sc6ccccc6c5ccc43)n2)cc1.c1ccc(-n2c3ccccc3c3ccc4c5ccccc5n(-c5ccc(-c6nc(-n7c8ccccc8c8ccc9c%10ccccc%10n(-c%10ccccc%10)c9c87)cc(-n7c8ccccc8c8ccc9c%10ccccc%10n(-c%10ccccc%10)c9c87)n6)cc5)c4c32)cc1. The Morgan fingerprint density at radius 3 is 0.739 bits per heavy atom. The quantitative estimate of drug-likeness (QED) is 0.136. The average molecular weight is 1850 g/mol. The first kappa shape index (κ1) is 78.5. The molecule has 13 nitrogen and oxygen atoms in total. The van der Waals surface area contributed by atoms with Crippen molar-refractivity contribution in [1.29, 1.82) is 0 Å². The molecule has 660 valence electrons. The van der Waals surface area contributed by atoms with Crippen molar-refractivity contribution in [1.82, 2.24) is 61.5 Å². The van der Waals surface area contributed by atoms with Crippen LogP contribution in [0, 0.1) is 0 Å². The highest BCUT2D eigenvalue weighted by molar-refractivity contribution is 7.27. The van der Waals surface area contributed by atoms with Crippen molar-refractivity contribution in [2.45, 2.75) is 0 Å². The molecule has 142 heavy (non-hydrogen) atoms. The van der Waals surface area contributed by atoms with E-state index in [1.54, 1.807) is 0 Å². The maximum absolute atomic E-state index is 5.86. The van der Waals surface area contributed by atoms with Gasteiger partial charge in [-0.05, 0) is 133 Å². The van der Waals surface area contributed by atoms with Gasteiger partial charge in [-0.25, -0.2) is 9.97 Å². The summed E-state index contributed by atoms with van der Waals surface area (Å²) in [5.41, 5.74) is 23.8. The Balaban J connectivity index is 0.000000150. The van der Waals surface area contributed by atoms with Gasteiger partial charge in [-0.1, -0.05) is 315 Å². The summed E-state index contributed by atoms with van der Waals surface area (Å²) < 4.78 is 24.2. The second-order valence-corrected chi connectivity index (χ2v) is 39.0. The Bertz CT molecular complexity index is 10500. The van der Waals surface area contributed by atoms with Gasteiger partial charge in [0.1, 0.15) is 11.6 Å². The fourth-order valence-electron chi connectivity index (χ4n) is 23.5. The molecule has 0 aliphatic carbocycles. The van der Waals surface area contributed by atoms with Crippen LogP contribution in [0.15, 0.2) is 455 Å². The minimum absolute atomic E-state index is 0.587. The lowest BCUT2D eigenvalue weighted by Crippen LogP contribution is -2.10. The highest BCUT2D eigenvalue weighted by Gasteiger charge is 2.31. The second kappa shape index (κ2) is 30.4. The molecular weight excluding hydrogens is 1770 g/mol.